The van der Waals surface area contributed by atoms with Crippen LogP contribution in [0.15, 0.2) is 0 Å². The van der Waals surface area contributed by atoms with Gasteiger partial charge in [0.2, 0.25) is 0 Å². The second-order valence-electron chi connectivity index (χ2n) is 3.30. The van der Waals surface area contributed by atoms with Crippen molar-refractivity contribution in [2.75, 3.05) is 6.54 Å². The fraction of sp³-hybridized carbons (Fsp3) is 0.778. The van der Waals surface area contributed by atoms with Crippen molar-refractivity contribution in [3.63, 3.8) is 0 Å². The number of ether oxygens (including phenoxy) is 1. The van der Waals surface area contributed by atoms with Crippen molar-refractivity contribution in [1.82, 2.24) is 5.32 Å². The summed E-state index contributed by atoms with van der Waals surface area (Å²) >= 11 is 0. The topological polar surface area (TPSA) is 55.4 Å². The van der Waals surface area contributed by atoms with Crippen LogP contribution >= 0.6 is 0 Å². The van der Waals surface area contributed by atoms with E-state index in [9.17, 15) is 9.59 Å². The number of carbonyl (C=O) groups excluding carboxylic acids is 2. The molecule has 1 N–H and O–H groups in total. The van der Waals surface area contributed by atoms with E-state index in [1.807, 2.05) is 0 Å². The monoisotopic (exact) mass is 185 g/mol. The molecule has 1 aliphatic carbocycles. The average Bonchev–Trinajstić information content (AvgIpc) is 2.85. The zero-order valence-electron chi connectivity index (χ0n) is 7.79. The molecular formula is C9H15NO3. The summed E-state index contributed by atoms with van der Waals surface area (Å²) in [4.78, 5) is 20.9. The smallest absolute Gasteiger partial charge is 0.303 e. The van der Waals surface area contributed by atoms with Gasteiger partial charge in [-0.2, -0.15) is 0 Å². The maximum Gasteiger partial charge on any atom is 0.303 e. The van der Waals surface area contributed by atoms with E-state index in [4.69, 9.17) is 4.74 Å². The van der Waals surface area contributed by atoms with Crippen LogP contribution in [0.4, 0.5) is 0 Å². The Balaban J connectivity index is 2.06. The Hall–Kier alpha value is -0.900. The summed E-state index contributed by atoms with van der Waals surface area (Å²) < 4.78 is 4.75. The van der Waals surface area contributed by atoms with E-state index in [0.717, 1.165) is 6.54 Å². The number of rotatable bonds is 6. The first-order valence-electron chi connectivity index (χ1n) is 4.58. The Labute approximate surface area is 77.6 Å². The Morgan fingerprint density at radius 2 is 2.38 bits per heavy atom. The van der Waals surface area contributed by atoms with Gasteiger partial charge in [0.05, 0.1) is 0 Å². The van der Waals surface area contributed by atoms with Gasteiger partial charge in [0.1, 0.15) is 0 Å². The Kier molecular flexibility index (Phi) is 3.89. The molecule has 0 aromatic carbocycles. The summed E-state index contributed by atoms with van der Waals surface area (Å²) in [6, 6.07) is 0.629. The predicted octanol–water partition coefficient (Wildman–Crippen LogP) is 0.259. The first-order valence-corrected chi connectivity index (χ1v) is 4.58. The van der Waals surface area contributed by atoms with Crippen LogP contribution in [-0.4, -0.2) is 30.9 Å². The molecule has 1 aliphatic rings. The van der Waals surface area contributed by atoms with Gasteiger partial charge < -0.3 is 10.1 Å². The van der Waals surface area contributed by atoms with E-state index in [1.165, 1.54) is 19.8 Å². The van der Waals surface area contributed by atoms with Crippen molar-refractivity contribution < 1.29 is 14.3 Å². The maximum absolute atomic E-state index is 10.5. The van der Waals surface area contributed by atoms with Crippen molar-refractivity contribution in [2.24, 2.45) is 0 Å². The first kappa shape index (κ1) is 10.2. The van der Waals surface area contributed by atoms with Crippen LogP contribution in [0.5, 0.6) is 0 Å². The van der Waals surface area contributed by atoms with Gasteiger partial charge in [-0.25, -0.2) is 0 Å². The number of aldehydes is 1. The molecule has 74 valence electrons. The Morgan fingerprint density at radius 3 is 2.85 bits per heavy atom. The lowest BCUT2D eigenvalue weighted by Gasteiger charge is -2.10. The molecule has 0 aromatic rings. The van der Waals surface area contributed by atoms with E-state index in [1.54, 1.807) is 0 Å². The normalized spacial score (nSPS) is 17.9. The van der Waals surface area contributed by atoms with Gasteiger partial charge in [0.15, 0.2) is 12.4 Å². The maximum atomic E-state index is 10.5. The molecule has 1 unspecified atom stereocenters. The molecule has 0 amide bonds. The van der Waals surface area contributed by atoms with Crippen LogP contribution in [0.2, 0.25) is 0 Å². The highest BCUT2D eigenvalue weighted by Gasteiger charge is 2.20. The van der Waals surface area contributed by atoms with Crippen LogP contribution < -0.4 is 5.32 Å². The van der Waals surface area contributed by atoms with Crippen LogP contribution in [0, 0.1) is 0 Å². The second-order valence-corrected chi connectivity index (χ2v) is 3.30. The number of esters is 1. The van der Waals surface area contributed by atoms with E-state index in [-0.39, 0.29) is 0 Å². The molecule has 0 aliphatic heterocycles. The van der Waals surface area contributed by atoms with Crippen molar-refractivity contribution in [3.05, 3.63) is 0 Å². The van der Waals surface area contributed by atoms with Gasteiger partial charge in [-0.1, -0.05) is 0 Å². The number of hydrogen-bond acceptors (Lipinski definition) is 4. The minimum atomic E-state index is -0.580. The summed E-state index contributed by atoms with van der Waals surface area (Å²) in [5.41, 5.74) is 0. The number of carbonyl (C=O) groups is 2. The SMILES string of the molecule is CC(=O)OC(C=O)CCNC1CC1. The molecule has 4 heteroatoms. The first-order chi connectivity index (χ1) is 6.22. The van der Waals surface area contributed by atoms with Gasteiger partial charge in [-0.15, -0.1) is 0 Å². The zero-order valence-corrected chi connectivity index (χ0v) is 7.79. The fourth-order valence-corrected chi connectivity index (χ4v) is 1.09. The molecule has 1 fully saturated rings. The highest BCUT2D eigenvalue weighted by Crippen LogP contribution is 2.18. The van der Waals surface area contributed by atoms with Crippen molar-refractivity contribution in [1.29, 1.82) is 0 Å². The minimum Gasteiger partial charge on any atom is -0.455 e. The molecule has 0 aromatic heterocycles. The van der Waals surface area contributed by atoms with Gasteiger partial charge in [-0.05, 0) is 19.4 Å². The van der Waals surface area contributed by atoms with Gasteiger partial charge in [0.25, 0.3) is 0 Å². The molecule has 1 atom stereocenters. The van der Waals surface area contributed by atoms with Gasteiger partial charge in [0, 0.05) is 19.4 Å². The molecule has 1 saturated carbocycles. The lowest BCUT2D eigenvalue weighted by Crippen LogP contribution is -2.26. The van der Waals surface area contributed by atoms with Crippen LogP contribution in [0.1, 0.15) is 26.2 Å². The van der Waals surface area contributed by atoms with Crippen LogP contribution in [-0.2, 0) is 14.3 Å². The standard InChI is InChI=1S/C9H15NO3/c1-7(12)13-9(6-11)4-5-10-8-2-3-8/h6,8-10H,2-5H2,1H3. The van der Waals surface area contributed by atoms with Gasteiger partial charge in [-0.3, -0.25) is 9.59 Å². The van der Waals surface area contributed by atoms with E-state index < -0.39 is 12.1 Å². The van der Waals surface area contributed by atoms with Crippen LogP contribution in [0.25, 0.3) is 0 Å². The third kappa shape index (κ3) is 4.62. The predicted molar refractivity (Wildman–Crippen MR) is 47.3 cm³/mol. The van der Waals surface area contributed by atoms with E-state index >= 15 is 0 Å². The Bertz CT molecular complexity index is 189. The Morgan fingerprint density at radius 1 is 1.69 bits per heavy atom. The molecular weight excluding hydrogens is 170 g/mol. The minimum absolute atomic E-state index is 0.400. The lowest BCUT2D eigenvalue weighted by atomic mass is 10.3. The summed E-state index contributed by atoms with van der Waals surface area (Å²) in [6.07, 6.45) is 3.11. The fourth-order valence-electron chi connectivity index (χ4n) is 1.09. The molecule has 0 bridgehead atoms. The summed E-state index contributed by atoms with van der Waals surface area (Å²) in [6.45, 7) is 2.05. The molecule has 0 spiro atoms. The molecule has 4 nitrogen and oxygen atoms in total. The molecule has 13 heavy (non-hydrogen) atoms. The van der Waals surface area contributed by atoms with E-state index in [0.29, 0.717) is 18.7 Å². The van der Waals surface area contributed by atoms with E-state index in [2.05, 4.69) is 5.32 Å². The third-order valence-corrected chi connectivity index (χ3v) is 1.91. The number of hydrogen-bond donors (Lipinski definition) is 1. The number of nitrogens with one attached hydrogen (secondary N) is 1. The van der Waals surface area contributed by atoms with Crippen molar-refractivity contribution in [2.45, 2.75) is 38.3 Å². The van der Waals surface area contributed by atoms with Crippen molar-refractivity contribution in [3.8, 4) is 0 Å². The average molecular weight is 185 g/mol. The third-order valence-electron chi connectivity index (χ3n) is 1.91. The molecule has 1 rings (SSSR count). The van der Waals surface area contributed by atoms with Crippen LogP contribution in [0.3, 0.4) is 0 Å². The molecule has 0 heterocycles. The highest BCUT2D eigenvalue weighted by atomic mass is 16.5. The largest absolute Gasteiger partial charge is 0.455 e. The van der Waals surface area contributed by atoms with Gasteiger partial charge >= 0.3 is 5.97 Å². The molecule has 0 saturated heterocycles. The summed E-state index contributed by atoms with van der Waals surface area (Å²) in [7, 11) is 0. The summed E-state index contributed by atoms with van der Waals surface area (Å²) in [5, 5.41) is 3.24. The quantitative estimate of drug-likeness (QED) is 0.476. The van der Waals surface area contributed by atoms with Crippen molar-refractivity contribution >= 4 is 12.3 Å². The second kappa shape index (κ2) is 4.97. The highest BCUT2D eigenvalue weighted by molar-refractivity contribution is 5.69. The lowest BCUT2D eigenvalue weighted by molar-refractivity contribution is -0.149. The zero-order chi connectivity index (χ0) is 9.68. The summed E-state index contributed by atoms with van der Waals surface area (Å²) in [5.74, 6) is -0.400. The molecule has 0 radical (unpaired) electrons.